The predicted octanol–water partition coefficient (Wildman–Crippen LogP) is 7.91. The predicted molar refractivity (Wildman–Crippen MR) is 139 cm³/mol. The first kappa shape index (κ1) is 24.1. The lowest BCUT2D eigenvalue weighted by atomic mass is 9.78. The quantitative estimate of drug-likeness (QED) is 0.274. The van der Waals surface area contributed by atoms with Crippen molar-refractivity contribution in [1.29, 1.82) is 0 Å². The molecular formula is C27H23Cl2NO3S. The highest BCUT2D eigenvalue weighted by atomic mass is 35.5. The molecule has 1 N–H and O–H groups in total. The van der Waals surface area contributed by atoms with Gasteiger partial charge in [0.05, 0.1) is 5.02 Å². The van der Waals surface area contributed by atoms with Crippen LogP contribution in [-0.4, -0.2) is 8.42 Å². The van der Waals surface area contributed by atoms with Gasteiger partial charge in [-0.15, -0.1) is 0 Å². The van der Waals surface area contributed by atoms with Gasteiger partial charge in [0.15, 0.2) is 0 Å². The molecule has 0 spiro atoms. The first-order valence-corrected chi connectivity index (χ1v) is 12.8. The van der Waals surface area contributed by atoms with Gasteiger partial charge in [0.2, 0.25) is 0 Å². The second-order valence-corrected chi connectivity index (χ2v) is 10.8. The lowest BCUT2D eigenvalue weighted by Gasteiger charge is -2.26. The summed E-state index contributed by atoms with van der Waals surface area (Å²) in [5, 5.41) is 0.377. The second kappa shape index (κ2) is 9.71. The number of hydrogen-bond acceptors (Lipinski definition) is 3. The van der Waals surface area contributed by atoms with Gasteiger partial charge < -0.3 is 4.74 Å². The van der Waals surface area contributed by atoms with E-state index in [1.807, 2.05) is 30.3 Å². The van der Waals surface area contributed by atoms with E-state index in [4.69, 9.17) is 27.9 Å². The Bertz CT molecular complexity index is 1390. The Balaban J connectivity index is 1.45. The van der Waals surface area contributed by atoms with E-state index in [2.05, 4.69) is 42.8 Å². The van der Waals surface area contributed by atoms with Crippen LogP contribution in [0.3, 0.4) is 0 Å². The number of sulfonamides is 1. The highest BCUT2D eigenvalue weighted by molar-refractivity contribution is 7.92. The number of hydrogen-bond donors (Lipinski definition) is 1. The fraction of sp³-hybridized carbons (Fsp3) is 0.111. The third kappa shape index (κ3) is 5.39. The summed E-state index contributed by atoms with van der Waals surface area (Å²) in [5.41, 5.74) is 2.66. The van der Waals surface area contributed by atoms with Crippen molar-refractivity contribution in [3.05, 3.63) is 118 Å². The van der Waals surface area contributed by atoms with Crippen molar-refractivity contribution in [2.45, 2.75) is 24.2 Å². The van der Waals surface area contributed by atoms with E-state index in [0.29, 0.717) is 17.2 Å². The molecule has 0 saturated heterocycles. The average Bonchev–Trinajstić information content (AvgIpc) is 2.82. The van der Waals surface area contributed by atoms with Gasteiger partial charge in [-0.2, -0.15) is 0 Å². The lowest BCUT2D eigenvalue weighted by molar-refractivity contribution is 0.482. The number of rotatable bonds is 7. The molecule has 0 aliphatic heterocycles. The SMILES string of the molecule is CC(C)(c1ccccc1)c1ccc(Oc2ccc(NS(=O)(=O)c3cc(Cl)ccc3Cl)cc2)cc1. The van der Waals surface area contributed by atoms with Crippen molar-refractivity contribution >= 4 is 38.9 Å². The maximum absolute atomic E-state index is 12.7. The first-order chi connectivity index (χ1) is 16.1. The van der Waals surface area contributed by atoms with Crippen LogP contribution in [-0.2, 0) is 15.4 Å². The van der Waals surface area contributed by atoms with Crippen molar-refractivity contribution in [3.8, 4) is 11.5 Å². The molecule has 4 rings (SSSR count). The molecule has 7 heteroatoms. The minimum absolute atomic E-state index is 0.0829. The Kier molecular flexibility index (Phi) is 6.89. The van der Waals surface area contributed by atoms with Gasteiger partial charge in [-0.25, -0.2) is 8.42 Å². The summed E-state index contributed by atoms with van der Waals surface area (Å²) in [4.78, 5) is -0.0829. The lowest BCUT2D eigenvalue weighted by Crippen LogP contribution is -2.18. The third-order valence-corrected chi connectivity index (χ3v) is 7.69. The molecule has 0 amide bonds. The van der Waals surface area contributed by atoms with Crippen LogP contribution in [0.25, 0.3) is 0 Å². The van der Waals surface area contributed by atoms with Gasteiger partial charge in [-0.05, 0) is 65.7 Å². The molecule has 34 heavy (non-hydrogen) atoms. The van der Waals surface area contributed by atoms with Gasteiger partial charge in [-0.3, -0.25) is 4.72 Å². The first-order valence-electron chi connectivity index (χ1n) is 10.6. The number of anilines is 1. The fourth-order valence-electron chi connectivity index (χ4n) is 3.58. The summed E-state index contributed by atoms with van der Waals surface area (Å²) in [5.74, 6) is 1.27. The maximum atomic E-state index is 12.7. The molecule has 4 aromatic carbocycles. The molecule has 0 aliphatic carbocycles. The highest BCUT2D eigenvalue weighted by Gasteiger charge is 2.23. The van der Waals surface area contributed by atoms with Gasteiger partial charge in [0, 0.05) is 16.1 Å². The van der Waals surface area contributed by atoms with Crippen molar-refractivity contribution in [2.24, 2.45) is 0 Å². The number of halogens is 2. The summed E-state index contributed by atoms with van der Waals surface area (Å²) >= 11 is 12.0. The van der Waals surface area contributed by atoms with Crippen LogP contribution in [0.2, 0.25) is 10.0 Å². The third-order valence-electron chi connectivity index (χ3n) is 5.60. The minimum Gasteiger partial charge on any atom is -0.457 e. The molecule has 174 valence electrons. The normalized spacial score (nSPS) is 11.8. The molecule has 0 atom stereocenters. The Hall–Kier alpha value is -2.99. The Morgan fingerprint density at radius 1 is 0.735 bits per heavy atom. The van der Waals surface area contributed by atoms with E-state index >= 15 is 0 Å². The van der Waals surface area contributed by atoms with Gasteiger partial charge in [0.1, 0.15) is 16.4 Å². The summed E-state index contributed by atoms with van der Waals surface area (Å²) in [6.07, 6.45) is 0. The molecule has 0 bridgehead atoms. The summed E-state index contributed by atoms with van der Waals surface area (Å²) < 4.78 is 33.8. The molecule has 0 radical (unpaired) electrons. The van der Waals surface area contributed by atoms with E-state index in [-0.39, 0.29) is 20.4 Å². The molecule has 0 aromatic heterocycles. The number of nitrogens with one attached hydrogen (secondary N) is 1. The number of benzene rings is 4. The summed E-state index contributed by atoms with van der Waals surface area (Å²) in [7, 11) is -3.89. The molecule has 0 heterocycles. The van der Waals surface area contributed by atoms with Crippen LogP contribution in [0, 0.1) is 0 Å². The Morgan fingerprint density at radius 3 is 1.91 bits per heavy atom. The Labute approximate surface area is 210 Å². The molecular weight excluding hydrogens is 489 g/mol. The molecule has 0 unspecified atom stereocenters. The van der Waals surface area contributed by atoms with Gasteiger partial charge in [0.25, 0.3) is 10.0 Å². The fourth-order valence-corrected chi connectivity index (χ4v) is 5.40. The molecule has 0 fully saturated rings. The van der Waals surface area contributed by atoms with E-state index in [9.17, 15) is 8.42 Å². The standard InChI is InChI=1S/C27H23Cl2NO3S/c1-27(2,19-6-4-3-5-7-19)20-8-13-23(14-9-20)33-24-15-11-22(12-16-24)30-34(31,32)26-18-21(28)10-17-25(26)29/h3-18,30H,1-2H3. The smallest absolute Gasteiger partial charge is 0.263 e. The van der Waals surface area contributed by atoms with Crippen LogP contribution in [0.1, 0.15) is 25.0 Å². The maximum Gasteiger partial charge on any atom is 0.263 e. The molecule has 4 nitrogen and oxygen atoms in total. The topological polar surface area (TPSA) is 55.4 Å². The van der Waals surface area contributed by atoms with E-state index in [1.54, 1.807) is 24.3 Å². The molecule has 4 aromatic rings. The van der Waals surface area contributed by atoms with E-state index < -0.39 is 10.0 Å². The van der Waals surface area contributed by atoms with Crippen molar-refractivity contribution in [1.82, 2.24) is 0 Å². The summed E-state index contributed by atoms with van der Waals surface area (Å²) in [6.45, 7) is 4.38. The highest BCUT2D eigenvalue weighted by Crippen LogP contribution is 2.33. The minimum atomic E-state index is -3.89. The second-order valence-electron chi connectivity index (χ2n) is 8.32. The zero-order valence-electron chi connectivity index (χ0n) is 18.6. The van der Waals surface area contributed by atoms with Crippen LogP contribution in [0.4, 0.5) is 5.69 Å². The zero-order valence-corrected chi connectivity index (χ0v) is 21.0. The molecule has 0 saturated carbocycles. The van der Waals surface area contributed by atoms with Crippen molar-refractivity contribution < 1.29 is 13.2 Å². The number of ether oxygens (including phenoxy) is 1. The van der Waals surface area contributed by atoms with E-state index in [1.165, 1.54) is 29.3 Å². The Morgan fingerprint density at radius 2 is 1.29 bits per heavy atom. The van der Waals surface area contributed by atoms with Gasteiger partial charge >= 0.3 is 0 Å². The largest absolute Gasteiger partial charge is 0.457 e. The van der Waals surface area contributed by atoms with Gasteiger partial charge in [-0.1, -0.05) is 79.5 Å². The van der Waals surface area contributed by atoms with Crippen molar-refractivity contribution in [3.63, 3.8) is 0 Å². The average molecular weight is 512 g/mol. The monoisotopic (exact) mass is 511 g/mol. The van der Waals surface area contributed by atoms with Crippen LogP contribution < -0.4 is 9.46 Å². The van der Waals surface area contributed by atoms with Crippen LogP contribution in [0.5, 0.6) is 11.5 Å². The van der Waals surface area contributed by atoms with Crippen molar-refractivity contribution in [2.75, 3.05) is 4.72 Å². The van der Waals surface area contributed by atoms with Crippen LogP contribution in [0.15, 0.2) is 102 Å². The molecule has 0 aliphatic rings. The summed E-state index contributed by atoms with van der Waals surface area (Å²) in [6, 6.07) is 29.2. The zero-order chi connectivity index (χ0) is 24.3. The van der Waals surface area contributed by atoms with Crippen LogP contribution >= 0.6 is 23.2 Å². The van der Waals surface area contributed by atoms with E-state index in [0.717, 1.165) is 0 Å².